The molecular formula is C19H21F2NO2S. The molecule has 0 aliphatic heterocycles. The Labute approximate surface area is 152 Å². The van der Waals surface area contributed by atoms with Crippen molar-refractivity contribution in [1.82, 2.24) is 0 Å². The Kier molecular flexibility index (Phi) is 6.70. The smallest absolute Gasteiger partial charge is 0.264 e. The van der Waals surface area contributed by atoms with Crippen LogP contribution in [0.4, 0.5) is 14.5 Å². The minimum Gasteiger partial charge on any atom is -0.489 e. The average molecular weight is 365 g/mol. The number of rotatable bonds is 6. The highest BCUT2D eigenvalue weighted by atomic mass is 32.1. The largest absolute Gasteiger partial charge is 0.489 e. The molecule has 0 heterocycles. The Morgan fingerprint density at radius 1 is 1.24 bits per heavy atom. The van der Waals surface area contributed by atoms with E-state index in [9.17, 15) is 8.78 Å². The molecule has 134 valence electrons. The minimum atomic E-state index is -2.61. The molecule has 0 aliphatic carbocycles. The van der Waals surface area contributed by atoms with Gasteiger partial charge in [-0.05, 0) is 48.8 Å². The number of alkyl halides is 2. The molecule has 0 spiro atoms. The van der Waals surface area contributed by atoms with E-state index in [1.54, 1.807) is 12.1 Å². The molecule has 0 saturated heterocycles. The summed E-state index contributed by atoms with van der Waals surface area (Å²) in [4.78, 5) is 0. The molecule has 0 amide bonds. The van der Waals surface area contributed by atoms with Crippen LogP contribution in [0, 0.1) is 6.92 Å². The topological polar surface area (TPSA) is 30.5 Å². The van der Waals surface area contributed by atoms with Gasteiger partial charge in [0.1, 0.15) is 12.4 Å². The highest BCUT2D eigenvalue weighted by molar-refractivity contribution is 7.80. The molecule has 2 aromatic carbocycles. The van der Waals surface area contributed by atoms with Gasteiger partial charge in [0.2, 0.25) is 0 Å². The fourth-order valence-electron chi connectivity index (χ4n) is 2.49. The molecule has 0 bridgehead atoms. The fourth-order valence-corrected chi connectivity index (χ4v) is 2.60. The molecule has 2 rings (SSSR count). The Hall–Kier alpha value is -2.21. The first-order chi connectivity index (χ1) is 12.0. The van der Waals surface area contributed by atoms with E-state index in [4.69, 9.17) is 21.7 Å². The molecule has 0 fully saturated rings. The van der Waals surface area contributed by atoms with Crippen molar-refractivity contribution in [2.24, 2.45) is 0 Å². The van der Waals surface area contributed by atoms with Crippen molar-refractivity contribution in [2.45, 2.75) is 33.3 Å². The van der Waals surface area contributed by atoms with E-state index >= 15 is 0 Å². The third-order valence-electron chi connectivity index (χ3n) is 3.89. The van der Waals surface area contributed by atoms with Crippen LogP contribution in [0.2, 0.25) is 0 Å². The van der Waals surface area contributed by atoms with Crippen LogP contribution in [0.25, 0.3) is 0 Å². The van der Waals surface area contributed by atoms with Gasteiger partial charge in [0.15, 0.2) is 0 Å². The zero-order valence-corrected chi connectivity index (χ0v) is 15.3. The summed E-state index contributed by atoms with van der Waals surface area (Å²) in [6.07, 6.45) is -1.68. The van der Waals surface area contributed by atoms with Crippen molar-refractivity contribution in [2.75, 3.05) is 12.4 Å². The zero-order chi connectivity index (χ0) is 18.4. The number of methoxy groups -OCH3 is 1. The Bertz CT molecular complexity index is 750. The lowest BCUT2D eigenvalue weighted by Gasteiger charge is -2.17. The molecule has 3 nitrogen and oxygen atoms in total. The van der Waals surface area contributed by atoms with E-state index < -0.39 is 6.43 Å². The number of hydrogen-bond acceptors (Lipinski definition) is 3. The van der Waals surface area contributed by atoms with Crippen molar-refractivity contribution >= 4 is 23.1 Å². The average Bonchev–Trinajstić information content (AvgIpc) is 2.60. The standard InChI is InChI=1S/C19H21F2NO2S/c1-4-13-8-9-17(12(2)10-13)24-11-15-14(18(20)21)6-5-7-16(15)22-19(25)23-3/h5-10,18H,4,11H2,1-3H3,(H,22,25). The van der Waals surface area contributed by atoms with Gasteiger partial charge in [0.05, 0.1) is 7.11 Å². The molecule has 0 atom stereocenters. The van der Waals surface area contributed by atoms with Gasteiger partial charge in [0, 0.05) is 16.8 Å². The monoisotopic (exact) mass is 365 g/mol. The Balaban J connectivity index is 2.29. The number of benzene rings is 2. The van der Waals surface area contributed by atoms with Crippen LogP contribution in [-0.2, 0) is 17.8 Å². The van der Waals surface area contributed by atoms with E-state index in [0.717, 1.165) is 12.0 Å². The maximum Gasteiger partial charge on any atom is 0.264 e. The molecule has 0 aromatic heterocycles. The van der Waals surface area contributed by atoms with Gasteiger partial charge in [-0.3, -0.25) is 0 Å². The number of halogens is 2. The van der Waals surface area contributed by atoms with Crippen molar-refractivity contribution in [3.63, 3.8) is 0 Å². The van der Waals surface area contributed by atoms with Gasteiger partial charge in [0.25, 0.3) is 11.6 Å². The summed E-state index contributed by atoms with van der Waals surface area (Å²) >= 11 is 4.97. The van der Waals surface area contributed by atoms with Crippen LogP contribution in [0.1, 0.15) is 35.6 Å². The van der Waals surface area contributed by atoms with Gasteiger partial charge < -0.3 is 14.8 Å². The second kappa shape index (κ2) is 8.76. The molecule has 0 unspecified atom stereocenters. The lowest BCUT2D eigenvalue weighted by molar-refractivity contribution is 0.148. The second-order valence-corrected chi connectivity index (χ2v) is 5.90. The zero-order valence-electron chi connectivity index (χ0n) is 14.4. The first kappa shape index (κ1) is 19.1. The van der Waals surface area contributed by atoms with Gasteiger partial charge in [-0.25, -0.2) is 8.78 Å². The lowest BCUT2D eigenvalue weighted by Crippen LogP contribution is -2.14. The van der Waals surface area contributed by atoms with Crippen molar-refractivity contribution in [1.29, 1.82) is 0 Å². The first-order valence-corrected chi connectivity index (χ1v) is 8.34. The van der Waals surface area contributed by atoms with E-state index in [-0.39, 0.29) is 17.3 Å². The summed E-state index contributed by atoms with van der Waals surface area (Å²) in [5, 5.41) is 2.93. The van der Waals surface area contributed by atoms with Gasteiger partial charge >= 0.3 is 0 Å². The molecule has 0 radical (unpaired) electrons. The number of ether oxygens (including phenoxy) is 2. The quantitative estimate of drug-likeness (QED) is 0.693. The summed E-state index contributed by atoms with van der Waals surface area (Å²) < 4.78 is 37.5. The van der Waals surface area contributed by atoms with Crippen LogP contribution in [-0.4, -0.2) is 12.3 Å². The third-order valence-corrected chi connectivity index (χ3v) is 4.16. The van der Waals surface area contributed by atoms with Crippen LogP contribution in [0.3, 0.4) is 0 Å². The highest BCUT2D eigenvalue weighted by Crippen LogP contribution is 2.30. The third kappa shape index (κ3) is 4.89. The predicted octanol–water partition coefficient (Wildman–Crippen LogP) is 5.42. The van der Waals surface area contributed by atoms with Crippen LogP contribution in [0.15, 0.2) is 36.4 Å². The maximum absolute atomic E-state index is 13.4. The first-order valence-electron chi connectivity index (χ1n) is 7.93. The number of thiocarbonyl (C=S) groups is 1. The minimum absolute atomic E-state index is 0.00147. The molecule has 0 saturated carbocycles. The van der Waals surface area contributed by atoms with E-state index in [2.05, 4.69) is 12.2 Å². The van der Waals surface area contributed by atoms with Gasteiger partial charge in [-0.15, -0.1) is 0 Å². The summed E-state index contributed by atoms with van der Waals surface area (Å²) in [5.74, 6) is 0.668. The lowest BCUT2D eigenvalue weighted by atomic mass is 10.1. The summed E-state index contributed by atoms with van der Waals surface area (Å²) in [5.41, 5.74) is 2.89. The van der Waals surface area contributed by atoms with Crippen LogP contribution >= 0.6 is 12.2 Å². The maximum atomic E-state index is 13.4. The van der Waals surface area contributed by atoms with Crippen molar-refractivity contribution in [3.8, 4) is 5.75 Å². The number of nitrogens with one attached hydrogen (secondary N) is 1. The fraction of sp³-hybridized carbons (Fsp3) is 0.316. The van der Waals surface area contributed by atoms with E-state index in [1.165, 1.54) is 18.7 Å². The summed E-state index contributed by atoms with van der Waals surface area (Å²) in [7, 11) is 1.42. The molecule has 0 aliphatic rings. The Morgan fingerprint density at radius 2 is 2.00 bits per heavy atom. The number of hydrogen-bond donors (Lipinski definition) is 1. The van der Waals surface area contributed by atoms with Crippen LogP contribution in [0.5, 0.6) is 5.75 Å². The Morgan fingerprint density at radius 3 is 2.60 bits per heavy atom. The molecule has 6 heteroatoms. The second-order valence-electron chi connectivity index (χ2n) is 5.53. The van der Waals surface area contributed by atoms with Gasteiger partial charge in [-0.2, -0.15) is 0 Å². The molecule has 25 heavy (non-hydrogen) atoms. The SMILES string of the molecule is CCc1ccc(OCc2c(NC(=S)OC)cccc2C(F)F)c(C)c1. The van der Waals surface area contributed by atoms with E-state index in [0.29, 0.717) is 17.0 Å². The van der Waals surface area contributed by atoms with Crippen molar-refractivity contribution < 1.29 is 18.3 Å². The molecule has 2 aromatic rings. The highest BCUT2D eigenvalue weighted by Gasteiger charge is 2.18. The van der Waals surface area contributed by atoms with Crippen molar-refractivity contribution in [3.05, 3.63) is 58.7 Å². The molecule has 1 N–H and O–H groups in total. The summed E-state index contributed by atoms with van der Waals surface area (Å²) in [6, 6.07) is 10.5. The normalized spacial score (nSPS) is 10.6. The van der Waals surface area contributed by atoms with Crippen LogP contribution < -0.4 is 10.1 Å². The van der Waals surface area contributed by atoms with E-state index in [1.807, 2.05) is 25.1 Å². The summed E-state index contributed by atoms with van der Waals surface area (Å²) in [6.45, 7) is 4.01. The molecular weight excluding hydrogens is 344 g/mol. The number of aryl methyl sites for hydroxylation is 2. The predicted molar refractivity (Wildman–Crippen MR) is 99.5 cm³/mol. The number of anilines is 1. The van der Waals surface area contributed by atoms with Gasteiger partial charge in [-0.1, -0.05) is 31.2 Å².